The van der Waals surface area contributed by atoms with Gasteiger partial charge in [0.15, 0.2) is 6.10 Å². The van der Waals surface area contributed by atoms with Gasteiger partial charge >= 0.3 is 5.97 Å². The van der Waals surface area contributed by atoms with Gasteiger partial charge in [-0.3, -0.25) is 4.79 Å². The van der Waals surface area contributed by atoms with Crippen LogP contribution in [0.3, 0.4) is 0 Å². The van der Waals surface area contributed by atoms with Crippen molar-refractivity contribution < 1.29 is 23.8 Å². The van der Waals surface area contributed by atoms with E-state index in [1.807, 2.05) is 37.3 Å². The first-order chi connectivity index (χ1) is 13.1. The second-order valence-corrected chi connectivity index (χ2v) is 5.82. The summed E-state index contributed by atoms with van der Waals surface area (Å²) in [5.74, 6) is -0.142. The van der Waals surface area contributed by atoms with Gasteiger partial charge in [0, 0.05) is 18.7 Å². The molecule has 1 N–H and O–H groups in total. The third-order valence-corrected chi connectivity index (χ3v) is 3.73. The van der Waals surface area contributed by atoms with Gasteiger partial charge in [-0.05, 0) is 43.7 Å². The Kier molecular flexibility index (Phi) is 8.32. The van der Waals surface area contributed by atoms with Crippen molar-refractivity contribution in [1.82, 2.24) is 5.32 Å². The Morgan fingerprint density at radius 3 is 2.37 bits per heavy atom. The highest BCUT2D eigenvalue weighted by molar-refractivity contribution is 5.94. The molecule has 0 heterocycles. The van der Waals surface area contributed by atoms with Gasteiger partial charge in [0.1, 0.15) is 12.4 Å². The highest BCUT2D eigenvalue weighted by Gasteiger charge is 2.16. The summed E-state index contributed by atoms with van der Waals surface area (Å²) in [7, 11) is 0. The van der Waals surface area contributed by atoms with Crippen LogP contribution in [0.15, 0.2) is 54.6 Å². The Labute approximate surface area is 159 Å². The Morgan fingerprint density at radius 2 is 1.70 bits per heavy atom. The number of rotatable bonds is 10. The number of hydrogen-bond acceptors (Lipinski definition) is 5. The predicted octanol–water partition coefficient (Wildman–Crippen LogP) is 2.96. The summed E-state index contributed by atoms with van der Waals surface area (Å²) in [5, 5.41) is 2.86. The van der Waals surface area contributed by atoms with Gasteiger partial charge in [-0.25, -0.2) is 4.79 Å². The van der Waals surface area contributed by atoms with E-state index in [0.29, 0.717) is 31.1 Å². The van der Waals surface area contributed by atoms with Crippen molar-refractivity contribution >= 4 is 11.9 Å². The lowest BCUT2D eigenvalue weighted by Gasteiger charge is -2.14. The lowest BCUT2D eigenvalue weighted by molar-refractivity contribution is -0.152. The number of nitrogens with one attached hydrogen (secondary N) is 1. The first kappa shape index (κ1) is 20.5. The minimum absolute atomic E-state index is 0.172. The second-order valence-electron chi connectivity index (χ2n) is 5.82. The number of hydrogen-bond donors (Lipinski definition) is 1. The first-order valence-electron chi connectivity index (χ1n) is 8.93. The Hall–Kier alpha value is -2.86. The molecule has 6 nitrogen and oxygen atoms in total. The number of benzene rings is 2. The number of ether oxygens (including phenoxy) is 3. The summed E-state index contributed by atoms with van der Waals surface area (Å²) in [5.41, 5.74) is 1.55. The van der Waals surface area contributed by atoms with Gasteiger partial charge < -0.3 is 19.5 Å². The molecule has 0 aliphatic heterocycles. The molecule has 6 heteroatoms. The molecule has 0 saturated carbocycles. The normalized spacial score (nSPS) is 11.5. The monoisotopic (exact) mass is 371 g/mol. The maximum Gasteiger partial charge on any atom is 0.347 e. The van der Waals surface area contributed by atoms with Crippen LogP contribution >= 0.6 is 0 Å². The smallest absolute Gasteiger partial charge is 0.347 e. The highest BCUT2D eigenvalue weighted by Crippen LogP contribution is 2.14. The largest absolute Gasteiger partial charge is 0.479 e. The van der Waals surface area contributed by atoms with Crippen LogP contribution < -0.4 is 10.1 Å². The molecule has 1 amide bonds. The summed E-state index contributed by atoms with van der Waals surface area (Å²) >= 11 is 0. The molecule has 0 bridgehead atoms. The van der Waals surface area contributed by atoms with Crippen LogP contribution in [0.5, 0.6) is 5.75 Å². The zero-order chi connectivity index (χ0) is 19.5. The van der Waals surface area contributed by atoms with E-state index < -0.39 is 12.1 Å². The Balaban J connectivity index is 1.79. The summed E-state index contributed by atoms with van der Waals surface area (Å²) in [4.78, 5) is 24.0. The van der Waals surface area contributed by atoms with E-state index in [2.05, 4.69) is 5.32 Å². The molecule has 1 atom stereocenters. The summed E-state index contributed by atoms with van der Waals surface area (Å²) in [6.07, 6.45) is -0.746. The fraction of sp³-hybridized carbons (Fsp3) is 0.333. The molecule has 144 valence electrons. The van der Waals surface area contributed by atoms with Gasteiger partial charge in [0.05, 0.1) is 6.61 Å². The van der Waals surface area contributed by atoms with Crippen molar-refractivity contribution in [3.8, 4) is 5.75 Å². The Morgan fingerprint density at radius 1 is 1.00 bits per heavy atom. The van der Waals surface area contributed by atoms with E-state index in [9.17, 15) is 9.59 Å². The summed E-state index contributed by atoms with van der Waals surface area (Å²) < 4.78 is 15.7. The first-order valence-corrected chi connectivity index (χ1v) is 8.93. The standard InChI is InChI=1S/C21H25NO5/c1-3-25-13-14-26-21(24)16(2)27-19-11-9-18(10-12-19)20(23)22-15-17-7-5-4-6-8-17/h4-12,16H,3,13-15H2,1-2H3,(H,22,23). The van der Waals surface area contributed by atoms with Crippen LogP contribution in [0.4, 0.5) is 0 Å². The molecule has 1 unspecified atom stereocenters. The molecule has 0 aliphatic rings. The summed E-state index contributed by atoms with van der Waals surface area (Å²) in [6, 6.07) is 16.3. The van der Waals surface area contributed by atoms with Gasteiger partial charge in [-0.2, -0.15) is 0 Å². The molecular formula is C21H25NO5. The lowest BCUT2D eigenvalue weighted by Crippen LogP contribution is -2.27. The average molecular weight is 371 g/mol. The van der Waals surface area contributed by atoms with Crippen LogP contribution in [-0.4, -0.2) is 37.8 Å². The van der Waals surface area contributed by atoms with Gasteiger partial charge in [-0.1, -0.05) is 30.3 Å². The third-order valence-electron chi connectivity index (χ3n) is 3.73. The molecule has 2 aromatic carbocycles. The van der Waals surface area contributed by atoms with Crippen LogP contribution in [0.25, 0.3) is 0 Å². The van der Waals surface area contributed by atoms with Gasteiger partial charge in [-0.15, -0.1) is 0 Å². The second kappa shape index (κ2) is 11.0. The molecule has 0 radical (unpaired) electrons. The lowest BCUT2D eigenvalue weighted by atomic mass is 10.2. The van der Waals surface area contributed by atoms with Crippen molar-refractivity contribution in [3.63, 3.8) is 0 Å². The van der Waals surface area contributed by atoms with Crippen molar-refractivity contribution in [2.75, 3.05) is 19.8 Å². The molecule has 0 saturated heterocycles. The predicted molar refractivity (Wildman–Crippen MR) is 102 cm³/mol. The number of amides is 1. The van der Waals surface area contributed by atoms with E-state index >= 15 is 0 Å². The van der Waals surface area contributed by atoms with E-state index in [1.165, 1.54) is 0 Å². The van der Waals surface area contributed by atoms with Gasteiger partial charge in [0.2, 0.25) is 0 Å². The molecule has 0 spiro atoms. The van der Waals surface area contributed by atoms with Crippen LogP contribution in [0, 0.1) is 0 Å². The molecule has 0 fully saturated rings. The topological polar surface area (TPSA) is 73.9 Å². The molecule has 0 aromatic heterocycles. The fourth-order valence-electron chi connectivity index (χ4n) is 2.28. The zero-order valence-electron chi connectivity index (χ0n) is 15.6. The number of carbonyl (C=O) groups is 2. The maximum atomic E-state index is 12.2. The fourth-order valence-corrected chi connectivity index (χ4v) is 2.28. The van der Waals surface area contributed by atoms with E-state index in [4.69, 9.17) is 14.2 Å². The third kappa shape index (κ3) is 7.11. The quantitative estimate of drug-likeness (QED) is 0.513. The van der Waals surface area contributed by atoms with Crippen LogP contribution in [0.1, 0.15) is 29.8 Å². The van der Waals surface area contributed by atoms with Crippen LogP contribution in [-0.2, 0) is 20.8 Å². The molecule has 0 aliphatic carbocycles. The number of carbonyl (C=O) groups excluding carboxylic acids is 2. The highest BCUT2D eigenvalue weighted by atomic mass is 16.6. The SMILES string of the molecule is CCOCCOC(=O)C(C)Oc1ccc(C(=O)NCc2ccccc2)cc1. The van der Waals surface area contributed by atoms with Gasteiger partial charge in [0.25, 0.3) is 5.91 Å². The minimum Gasteiger partial charge on any atom is -0.479 e. The van der Waals surface area contributed by atoms with Crippen molar-refractivity contribution in [3.05, 3.63) is 65.7 Å². The number of esters is 1. The minimum atomic E-state index is -0.746. The molecule has 2 aromatic rings. The molecule has 2 rings (SSSR count). The van der Waals surface area contributed by atoms with E-state index in [-0.39, 0.29) is 12.5 Å². The van der Waals surface area contributed by atoms with Crippen molar-refractivity contribution in [2.24, 2.45) is 0 Å². The summed E-state index contributed by atoms with van der Waals surface area (Å²) in [6.45, 7) is 5.09. The van der Waals surface area contributed by atoms with Crippen molar-refractivity contribution in [2.45, 2.75) is 26.5 Å². The maximum absolute atomic E-state index is 12.2. The Bertz CT molecular complexity index is 715. The zero-order valence-corrected chi connectivity index (χ0v) is 15.6. The van der Waals surface area contributed by atoms with Crippen molar-refractivity contribution in [1.29, 1.82) is 0 Å². The molecule has 27 heavy (non-hydrogen) atoms. The molecular weight excluding hydrogens is 346 g/mol. The van der Waals surface area contributed by atoms with E-state index in [0.717, 1.165) is 5.56 Å². The van der Waals surface area contributed by atoms with E-state index in [1.54, 1.807) is 31.2 Å². The van der Waals surface area contributed by atoms with Crippen LogP contribution in [0.2, 0.25) is 0 Å². The average Bonchev–Trinajstić information content (AvgIpc) is 2.70.